The summed E-state index contributed by atoms with van der Waals surface area (Å²) in [4.78, 5) is 12.2. The molecule has 3 aromatic carbocycles. The lowest BCUT2D eigenvalue weighted by Crippen LogP contribution is -2.20. The van der Waals surface area contributed by atoms with Gasteiger partial charge in [-0.2, -0.15) is 0 Å². The Hall–Kier alpha value is -3.23. The van der Waals surface area contributed by atoms with Crippen molar-refractivity contribution in [1.82, 2.24) is 0 Å². The fraction of sp³-hybridized carbons (Fsp3) is 0.174. The van der Waals surface area contributed by atoms with Gasteiger partial charge >= 0.3 is 0 Å². The third kappa shape index (κ3) is 6.38. The van der Waals surface area contributed by atoms with Gasteiger partial charge in [0.15, 0.2) is 6.61 Å². The number of amides is 1. The van der Waals surface area contributed by atoms with Crippen LogP contribution in [0.25, 0.3) is 0 Å². The molecular weight excluding hydrogens is 452 g/mol. The topological polar surface area (TPSA) is 93.7 Å². The van der Waals surface area contributed by atoms with Crippen molar-refractivity contribution in [3.05, 3.63) is 77.3 Å². The van der Waals surface area contributed by atoms with E-state index in [9.17, 15) is 13.2 Å². The van der Waals surface area contributed by atoms with Crippen molar-refractivity contribution in [3.63, 3.8) is 0 Å². The summed E-state index contributed by atoms with van der Waals surface area (Å²) in [5, 5.41) is 3.19. The molecule has 0 atom stereocenters. The van der Waals surface area contributed by atoms with E-state index in [2.05, 4.69) is 10.0 Å². The molecule has 0 fully saturated rings. The average Bonchev–Trinajstić information content (AvgIpc) is 2.74. The van der Waals surface area contributed by atoms with Gasteiger partial charge in [-0.3, -0.25) is 9.52 Å². The number of anilines is 2. The predicted molar refractivity (Wildman–Crippen MR) is 125 cm³/mol. The van der Waals surface area contributed by atoms with E-state index in [1.807, 2.05) is 6.92 Å². The number of carbonyl (C=O) groups is 1. The van der Waals surface area contributed by atoms with Crippen LogP contribution in [0.15, 0.2) is 71.6 Å². The van der Waals surface area contributed by atoms with Gasteiger partial charge in [0.1, 0.15) is 11.5 Å². The molecule has 0 heterocycles. The van der Waals surface area contributed by atoms with Gasteiger partial charge in [0, 0.05) is 16.4 Å². The Morgan fingerprint density at radius 1 is 0.969 bits per heavy atom. The summed E-state index contributed by atoms with van der Waals surface area (Å²) < 4.78 is 38.9. The van der Waals surface area contributed by atoms with Crippen LogP contribution in [0.3, 0.4) is 0 Å². The van der Waals surface area contributed by atoms with Crippen molar-refractivity contribution in [2.45, 2.75) is 18.7 Å². The van der Waals surface area contributed by atoms with E-state index in [1.54, 1.807) is 55.5 Å². The predicted octanol–water partition coefficient (Wildman–Crippen LogP) is 4.87. The van der Waals surface area contributed by atoms with Gasteiger partial charge < -0.3 is 14.8 Å². The molecule has 0 saturated heterocycles. The Morgan fingerprint density at radius 3 is 2.38 bits per heavy atom. The van der Waals surface area contributed by atoms with Crippen molar-refractivity contribution in [2.75, 3.05) is 23.3 Å². The second-order valence-corrected chi connectivity index (χ2v) is 8.96. The summed E-state index contributed by atoms with van der Waals surface area (Å²) in [6.07, 6.45) is 0. The van der Waals surface area contributed by atoms with Crippen LogP contribution in [0.4, 0.5) is 11.4 Å². The van der Waals surface area contributed by atoms with E-state index >= 15 is 0 Å². The Balaban J connectivity index is 1.62. The number of rotatable bonds is 9. The summed E-state index contributed by atoms with van der Waals surface area (Å²) in [7, 11) is -3.79. The number of carbonyl (C=O) groups excluding carboxylic acids is 1. The standard InChI is InChI=1S/C23H23ClN2O5S/c1-3-30-20-9-7-18(8-10-20)26-32(28,29)21-11-12-22(16(2)13-21)31-15-23(27)25-19-6-4-5-17(24)14-19/h4-14,26H,3,15H2,1-2H3,(H,25,27). The maximum Gasteiger partial charge on any atom is 0.262 e. The van der Waals surface area contributed by atoms with E-state index in [0.717, 1.165) is 0 Å². The van der Waals surface area contributed by atoms with Crippen LogP contribution in [0, 0.1) is 6.92 Å². The molecule has 0 aliphatic heterocycles. The van der Waals surface area contributed by atoms with E-state index in [1.165, 1.54) is 18.2 Å². The summed E-state index contributed by atoms with van der Waals surface area (Å²) in [5.41, 5.74) is 1.56. The van der Waals surface area contributed by atoms with Crippen LogP contribution in [-0.4, -0.2) is 27.5 Å². The van der Waals surface area contributed by atoms with Crippen molar-refractivity contribution in [1.29, 1.82) is 0 Å². The molecule has 0 radical (unpaired) electrons. The van der Waals surface area contributed by atoms with Crippen molar-refractivity contribution >= 4 is 38.9 Å². The molecule has 168 valence electrons. The molecule has 0 unspecified atom stereocenters. The van der Waals surface area contributed by atoms with Crippen LogP contribution in [0.5, 0.6) is 11.5 Å². The summed E-state index contributed by atoms with van der Waals surface area (Å²) in [6, 6.07) is 17.9. The molecule has 0 saturated carbocycles. The molecule has 1 amide bonds. The molecule has 3 rings (SSSR count). The molecule has 0 aliphatic carbocycles. The third-order valence-corrected chi connectivity index (χ3v) is 5.96. The maximum atomic E-state index is 12.7. The van der Waals surface area contributed by atoms with Crippen LogP contribution < -0.4 is 19.5 Å². The minimum absolute atomic E-state index is 0.0830. The van der Waals surface area contributed by atoms with E-state index in [4.69, 9.17) is 21.1 Å². The first-order valence-electron chi connectivity index (χ1n) is 9.81. The van der Waals surface area contributed by atoms with E-state index < -0.39 is 10.0 Å². The zero-order chi connectivity index (χ0) is 23.1. The summed E-state index contributed by atoms with van der Waals surface area (Å²) in [6.45, 7) is 3.88. The molecule has 0 aliphatic rings. The van der Waals surface area contributed by atoms with Gasteiger partial charge in [-0.1, -0.05) is 17.7 Å². The molecule has 7 nitrogen and oxygen atoms in total. The second kappa shape index (κ2) is 10.4. The molecule has 0 spiro atoms. The van der Waals surface area contributed by atoms with E-state index in [0.29, 0.717) is 40.1 Å². The van der Waals surface area contributed by atoms with Crippen molar-refractivity contribution in [2.24, 2.45) is 0 Å². The number of aryl methyl sites for hydroxylation is 1. The van der Waals surface area contributed by atoms with Crippen molar-refractivity contribution in [3.8, 4) is 11.5 Å². The van der Waals surface area contributed by atoms with Gasteiger partial charge in [0.05, 0.1) is 11.5 Å². The van der Waals surface area contributed by atoms with E-state index in [-0.39, 0.29) is 17.4 Å². The first kappa shape index (κ1) is 23.4. The summed E-state index contributed by atoms with van der Waals surface area (Å²) >= 11 is 5.90. The molecular formula is C23H23ClN2O5S. The molecule has 0 aromatic heterocycles. The Kier molecular flexibility index (Phi) is 7.61. The number of halogens is 1. The lowest BCUT2D eigenvalue weighted by atomic mass is 10.2. The van der Waals surface area contributed by atoms with Gasteiger partial charge in [-0.25, -0.2) is 8.42 Å². The molecule has 32 heavy (non-hydrogen) atoms. The molecule has 0 bridgehead atoms. The highest BCUT2D eigenvalue weighted by molar-refractivity contribution is 7.92. The SMILES string of the molecule is CCOc1ccc(NS(=O)(=O)c2ccc(OCC(=O)Nc3cccc(Cl)c3)c(C)c2)cc1. The monoisotopic (exact) mass is 474 g/mol. The number of nitrogens with one attached hydrogen (secondary N) is 2. The minimum Gasteiger partial charge on any atom is -0.494 e. The summed E-state index contributed by atoms with van der Waals surface area (Å²) in [5.74, 6) is 0.707. The Labute approximate surface area is 192 Å². The molecule has 2 N–H and O–H groups in total. The Bertz CT molecular complexity index is 1200. The smallest absolute Gasteiger partial charge is 0.262 e. The number of hydrogen-bond donors (Lipinski definition) is 2. The van der Waals surface area contributed by atoms with Crippen LogP contribution in [0.2, 0.25) is 5.02 Å². The van der Waals surface area contributed by atoms with Gasteiger partial charge in [0.25, 0.3) is 15.9 Å². The number of sulfonamides is 1. The highest BCUT2D eigenvalue weighted by Gasteiger charge is 2.16. The van der Waals surface area contributed by atoms with Gasteiger partial charge in [-0.05, 0) is 80.1 Å². The Morgan fingerprint density at radius 2 is 1.72 bits per heavy atom. The maximum absolute atomic E-state index is 12.7. The lowest BCUT2D eigenvalue weighted by molar-refractivity contribution is -0.118. The number of hydrogen-bond acceptors (Lipinski definition) is 5. The molecule has 9 heteroatoms. The van der Waals surface area contributed by atoms with Crippen molar-refractivity contribution < 1.29 is 22.7 Å². The van der Waals surface area contributed by atoms with Gasteiger partial charge in [0.2, 0.25) is 0 Å². The lowest BCUT2D eigenvalue weighted by Gasteiger charge is -2.13. The number of benzene rings is 3. The normalized spacial score (nSPS) is 11.0. The minimum atomic E-state index is -3.79. The second-order valence-electron chi connectivity index (χ2n) is 6.84. The van der Waals surface area contributed by atoms with Crippen LogP contribution in [-0.2, 0) is 14.8 Å². The zero-order valence-corrected chi connectivity index (χ0v) is 19.2. The highest BCUT2D eigenvalue weighted by atomic mass is 35.5. The third-order valence-electron chi connectivity index (χ3n) is 4.34. The first-order chi connectivity index (χ1) is 15.3. The molecule has 3 aromatic rings. The van der Waals surface area contributed by atoms with Crippen LogP contribution >= 0.6 is 11.6 Å². The average molecular weight is 475 g/mol. The number of ether oxygens (including phenoxy) is 2. The zero-order valence-electron chi connectivity index (χ0n) is 17.6. The largest absolute Gasteiger partial charge is 0.494 e. The first-order valence-corrected chi connectivity index (χ1v) is 11.7. The highest BCUT2D eigenvalue weighted by Crippen LogP contribution is 2.24. The van der Waals surface area contributed by atoms with Gasteiger partial charge in [-0.15, -0.1) is 0 Å². The quantitative estimate of drug-likeness (QED) is 0.461. The fourth-order valence-corrected chi connectivity index (χ4v) is 4.19. The van der Waals surface area contributed by atoms with Crippen LogP contribution in [0.1, 0.15) is 12.5 Å². The fourth-order valence-electron chi connectivity index (χ4n) is 2.86.